The van der Waals surface area contributed by atoms with E-state index in [0.29, 0.717) is 11.3 Å². The van der Waals surface area contributed by atoms with E-state index in [2.05, 4.69) is 5.32 Å². The number of rotatable bonds is 4. The van der Waals surface area contributed by atoms with E-state index in [1.165, 1.54) is 31.2 Å². The molecular weight excluding hydrogens is 320 g/mol. The SMILES string of the molecule is CC(=O)Nc1ccc(S(=O)(=O)c2ccc([N+](=O)[O-])cc2)c(C)c1. The normalized spacial score (nSPS) is 11.0. The zero-order valence-electron chi connectivity index (χ0n) is 12.4. The summed E-state index contributed by atoms with van der Waals surface area (Å²) in [6.45, 7) is 2.97. The molecule has 0 saturated heterocycles. The predicted octanol–water partition coefficient (Wildman–Crippen LogP) is 2.69. The second-order valence-corrected chi connectivity index (χ2v) is 6.83. The van der Waals surface area contributed by atoms with Crippen LogP contribution in [0.25, 0.3) is 0 Å². The van der Waals surface area contributed by atoms with Gasteiger partial charge in [0.05, 0.1) is 14.7 Å². The van der Waals surface area contributed by atoms with Crippen LogP contribution in [-0.2, 0) is 14.6 Å². The van der Waals surface area contributed by atoms with Crippen molar-refractivity contribution in [3.63, 3.8) is 0 Å². The van der Waals surface area contributed by atoms with Gasteiger partial charge in [-0.2, -0.15) is 0 Å². The van der Waals surface area contributed by atoms with E-state index < -0.39 is 14.8 Å². The first-order chi connectivity index (χ1) is 10.7. The van der Waals surface area contributed by atoms with Crippen LogP contribution in [0.15, 0.2) is 52.3 Å². The van der Waals surface area contributed by atoms with Crippen molar-refractivity contribution in [1.29, 1.82) is 0 Å². The Morgan fingerprint density at radius 2 is 1.74 bits per heavy atom. The fourth-order valence-corrected chi connectivity index (χ4v) is 3.58. The smallest absolute Gasteiger partial charge is 0.269 e. The molecule has 0 saturated carbocycles. The quantitative estimate of drug-likeness (QED) is 0.683. The number of nitro benzene ring substituents is 1. The summed E-state index contributed by atoms with van der Waals surface area (Å²) in [7, 11) is -3.79. The van der Waals surface area contributed by atoms with Crippen molar-refractivity contribution in [2.75, 3.05) is 5.32 Å². The third-order valence-electron chi connectivity index (χ3n) is 3.14. The van der Waals surface area contributed by atoms with E-state index >= 15 is 0 Å². The number of hydrogen-bond donors (Lipinski definition) is 1. The fraction of sp³-hybridized carbons (Fsp3) is 0.133. The lowest BCUT2D eigenvalue weighted by Gasteiger charge is -2.10. The van der Waals surface area contributed by atoms with Gasteiger partial charge in [-0.15, -0.1) is 0 Å². The number of carbonyl (C=O) groups excluding carboxylic acids is 1. The molecule has 0 aliphatic carbocycles. The Hall–Kier alpha value is -2.74. The summed E-state index contributed by atoms with van der Waals surface area (Å²) in [6.07, 6.45) is 0. The zero-order chi connectivity index (χ0) is 17.2. The first kappa shape index (κ1) is 16.6. The van der Waals surface area contributed by atoms with Crippen LogP contribution in [0.5, 0.6) is 0 Å². The van der Waals surface area contributed by atoms with Gasteiger partial charge in [-0.3, -0.25) is 14.9 Å². The maximum absolute atomic E-state index is 12.6. The summed E-state index contributed by atoms with van der Waals surface area (Å²) in [5.41, 5.74) is 0.786. The number of benzene rings is 2. The minimum absolute atomic E-state index is 0.0292. The molecule has 0 aromatic heterocycles. The molecule has 7 nitrogen and oxygen atoms in total. The van der Waals surface area contributed by atoms with Crippen LogP contribution in [0.1, 0.15) is 12.5 Å². The minimum Gasteiger partial charge on any atom is -0.326 e. The molecule has 2 aromatic carbocycles. The van der Waals surface area contributed by atoms with Crippen molar-refractivity contribution >= 4 is 27.1 Å². The van der Waals surface area contributed by atoms with Crippen LogP contribution in [0.2, 0.25) is 0 Å². The van der Waals surface area contributed by atoms with Crippen molar-refractivity contribution in [2.45, 2.75) is 23.6 Å². The van der Waals surface area contributed by atoms with Crippen LogP contribution in [0.4, 0.5) is 11.4 Å². The van der Waals surface area contributed by atoms with E-state index in [1.54, 1.807) is 13.0 Å². The predicted molar refractivity (Wildman–Crippen MR) is 84.0 cm³/mol. The summed E-state index contributed by atoms with van der Waals surface area (Å²) >= 11 is 0. The van der Waals surface area contributed by atoms with E-state index in [4.69, 9.17) is 0 Å². The molecule has 2 rings (SSSR count). The summed E-state index contributed by atoms with van der Waals surface area (Å²) in [5.74, 6) is -0.254. The number of nitro groups is 1. The first-order valence-corrected chi connectivity index (χ1v) is 8.08. The molecule has 0 atom stereocenters. The van der Waals surface area contributed by atoms with Gasteiger partial charge in [-0.05, 0) is 42.8 Å². The number of amides is 1. The highest BCUT2D eigenvalue weighted by Gasteiger charge is 2.21. The molecule has 0 radical (unpaired) electrons. The standard InChI is InChI=1S/C15H14N2O5S/c1-10-9-12(16-11(2)18)3-8-15(10)23(21,22)14-6-4-13(5-7-14)17(19)20/h3-9H,1-2H3,(H,16,18). The van der Waals surface area contributed by atoms with E-state index in [0.717, 1.165) is 12.1 Å². The van der Waals surface area contributed by atoms with E-state index in [1.807, 2.05) is 0 Å². The number of nitrogens with zero attached hydrogens (tertiary/aromatic N) is 1. The van der Waals surface area contributed by atoms with Crippen molar-refractivity contribution in [2.24, 2.45) is 0 Å². The van der Waals surface area contributed by atoms with Gasteiger partial charge in [0.15, 0.2) is 0 Å². The van der Waals surface area contributed by atoms with Crippen LogP contribution >= 0.6 is 0 Å². The summed E-state index contributed by atoms with van der Waals surface area (Å²) in [6, 6.07) is 9.15. The number of sulfone groups is 1. The highest BCUT2D eigenvalue weighted by Crippen LogP contribution is 2.27. The molecule has 0 fully saturated rings. The van der Waals surface area contributed by atoms with Gasteiger partial charge in [0.25, 0.3) is 5.69 Å². The molecule has 0 unspecified atom stereocenters. The van der Waals surface area contributed by atoms with Crippen molar-refractivity contribution < 1.29 is 18.1 Å². The minimum atomic E-state index is -3.79. The maximum atomic E-state index is 12.6. The molecule has 120 valence electrons. The topological polar surface area (TPSA) is 106 Å². The number of hydrogen-bond acceptors (Lipinski definition) is 5. The molecule has 0 heterocycles. The molecule has 0 aliphatic heterocycles. The molecule has 0 spiro atoms. The van der Waals surface area contributed by atoms with Crippen LogP contribution < -0.4 is 5.32 Å². The molecular formula is C15H14N2O5S. The van der Waals surface area contributed by atoms with Crippen LogP contribution in [-0.4, -0.2) is 19.2 Å². The number of aryl methyl sites for hydroxylation is 1. The van der Waals surface area contributed by atoms with Gasteiger partial charge < -0.3 is 5.32 Å². The Balaban J connectivity index is 2.43. The van der Waals surface area contributed by atoms with Gasteiger partial charge in [-0.25, -0.2) is 8.42 Å². The monoisotopic (exact) mass is 334 g/mol. The van der Waals surface area contributed by atoms with Gasteiger partial charge in [0.1, 0.15) is 0 Å². The molecule has 1 amide bonds. The van der Waals surface area contributed by atoms with Crippen LogP contribution in [0.3, 0.4) is 0 Å². The molecule has 8 heteroatoms. The Morgan fingerprint density at radius 3 is 2.22 bits per heavy atom. The second-order valence-electron chi connectivity index (χ2n) is 4.92. The Bertz CT molecular complexity index is 873. The lowest BCUT2D eigenvalue weighted by molar-refractivity contribution is -0.384. The van der Waals surface area contributed by atoms with E-state index in [-0.39, 0.29) is 21.4 Å². The van der Waals surface area contributed by atoms with Gasteiger partial charge in [-0.1, -0.05) is 0 Å². The number of anilines is 1. The molecule has 2 aromatic rings. The summed E-state index contributed by atoms with van der Waals surface area (Å²) in [4.78, 5) is 21.1. The lowest BCUT2D eigenvalue weighted by Crippen LogP contribution is -2.08. The highest BCUT2D eigenvalue weighted by molar-refractivity contribution is 7.91. The Labute approximate surface area is 133 Å². The molecule has 0 bridgehead atoms. The average molecular weight is 334 g/mol. The van der Waals surface area contributed by atoms with Crippen LogP contribution in [0, 0.1) is 17.0 Å². The van der Waals surface area contributed by atoms with Gasteiger partial charge >= 0.3 is 0 Å². The third kappa shape index (κ3) is 3.54. The lowest BCUT2D eigenvalue weighted by atomic mass is 10.2. The molecule has 0 aliphatic rings. The number of non-ortho nitro benzene ring substituents is 1. The van der Waals surface area contributed by atoms with Crippen molar-refractivity contribution in [3.8, 4) is 0 Å². The fourth-order valence-electron chi connectivity index (χ4n) is 2.11. The second kappa shape index (κ2) is 6.17. The Morgan fingerprint density at radius 1 is 1.13 bits per heavy atom. The van der Waals surface area contributed by atoms with Gasteiger partial charge in [0, 0.05) is 24.7 Å². The molecule has 23 heavy (non-hydrogen) atoms. The summed E-state index contributed by atoms with van der Waals surface area (Å²) in [5, 5.41) is 13.2. The van der Waals surface area contributed by atoms with E-state index in [9.17, 15) is 23.3 Å². The largest absolute Gasteiger partial charge is 0.326 e. The highest BCUT2D eigenvalue weighted by atomic mass is 32.2. The van der Waals surface area contributed by atoms with Crippen molar-refractivity contribution in [3.05, 3.63) is 58.1 Å². The molecule has 1 N–H and O–H groups in total. The van der Waals surface area contributed by atoms with Crippen molar-refractivity contribution in [1.82, 2.24) is 0 Å². The maximum Gasteiger partial charge on any atom is 0.269 e. The average Bonchev–Trinajstić information content (AvgIpc) is 2.46. The third-order valence-corrected chi connectivity index (χ3v) is 5.07. The zero-order valence-corrected chi connectivity index (χ0v) is 13.3. The number of nitrogens with one attached hydrogen (secondary N) is 1. The Kier molecular flexibility index (Phi) is 4.46. The first-order valence-electron chi connectivity index (χ1n) is 6.59. The summed E-state index contributed by atoms with van der Waals surface area (Å²) < 4.78 is 25.2. The van der Waals surface area contributed by atoms with Gasteiger partial charge in [0.2, 0.25) is 15.7 Å². The number of carbonyl (C=O) groups is 1.